The Morgan fingerprint density at radius 3 is 2.73 bits per heavy atom. The highest BCUT2D eigenvalue weighted by Crippen LogP contribution is 2.35. The van der Waals surface area contributed by atoms with Crippen LogP contribution in [0.15, 0.2) is 57.9 Å². The first-order chi connectivity index (χ1) is 17.8. The van der Waals surface area contributed by atoms with Gasteiger partial charge >= 0.3 is 5.97 Å². The van der Waals surface area contributed by atoms with Gasteiger partial charge in [-0.25, -0.2) is 4.79 Å². The lowest BCUT2D eigenvalue weighted by molar-refractivity contribution is -0.127. The van der Waals surface area contributed by atoms with Crippen molar-refractivity contribution < 1.29 is 37.8 Å². The van der Waals surface area contributed by atoms with Gasteiger partial charge in [-0.3, -0.25) is 19.3 Å². The number of thioether (sulfide) groups is 1. The third-order valence-corrected chi connectivity index (χ3v) is 6.62. The van der Waals surface area contributed by atoms with E-state index in [0.717, 1.165) is 4.90 Å². The smallest absolute Gasteiger partial charge is 0.339 e. The molecule has 188 valence electrons. The highest BCUT2D eigenvalue weighted by molar-refractivity contribution is 8.18. The van der Waals surface area contributed by atoms with E-state index in [0.29, 0.717) is 46.0 Å². The van der Waals surface area contributed by atoms with Gasteiger partial charge in [-0.05, 0) is 54.2 Å². The summed E-state index contributed by atoms with van der Waals surface area (Å²) in [7, 11) is 1.25. The van der Waals surface area contributed by atoms with Crippen LogP contribution in [0.3, 0.4) is 0 Å². The minimum absolute atomic E-state index is 0.0985. The van der Waals surface area contributed by atoms with Crippen LogP contribution in [-0.2, 0) is 14.3 Å². The summed E-state index contributed by atoms with van der Waals surface area (Å²) in [6.07, 6.45) is 1.42. The van der Waals surface area contributed by atoms with Gasteiger partial charge in [0, 0.05) is 23.4 Å². The van der Waals surface area contributed by atoms with E-state index in [-0.39, 0.29) is 22.3 Å². The molecule has 2 aromatic carbocycles. The van der Waals surface area contributed by atoms with Crippen molar-refractivity contribution in [3.05, 3.63) is 69.8 Å². The van der Waals surface area contributed by atoms with Crippen LogP contribution in [0.5, 0.6) is 11.5 Å². The zero-order valence-electron chi connectivity index (χ0n) is 19.1. The number of esters is 1. The van der Waals surface area contributed by atoms with Crippen LogP contribution in [0.25, 0.3) is 17.4 Å². The van der Waals surface area contributed by atoms with Gasteiger partial charge in [0.25, 0.3) is 11.1 Å². The molecule has 0 saturated carbocycles. The van der Waals surface area contributed by atoms with Crippen LogP contribution in [0.1, 0.15) is 16.1 Å². The summed E-state index contributed by atoms with van der Waals surface area (Å²) in [5.74, 6) is 0.0187. The highest BCUT2D eigenvalue weighted by atomic mass is 35.5. The molecule has 0 aliphatic carbocycles. The third-order valence-electron chi connectivity index (χ3n) is 5.39. The maximum absolute atomic E-state index is 12.8. The molecule has 2 aliphatic rings. The molecule has 1 N–H and O–H groups in total. The lowest BCUT2D eigenvalue weighted by atomic mass is 10.1. The number of nitrogens with one attached hydrogen (secondary N) is 1. The van der Waals surface area contributed by atoms with E-state index >= 15 is 0 Å². The fourth-order valence-corrected chi connectivity index (χ4v) is 4.63. The fourth-order valence-electron chi connectivity index (χ4n) is 3.61. The minimum atomic E-state index is -0.617. The number of anilines is 1. The van der Waals surface area contributed by atoms with Gasteiger partial charge in [0.05, 0.1) is 22.6 Å². The number of carbonyl (C=O) groups excluding carboxylic acids is 4. The number of rotatable bonds is 6. The molecule has 0 unspecified atom stereocenters. The van der Waals surface area contributed by atoms with Crippen molar-refractivity contribution in [3.8, 4) is 22.8 Å². The summed E-state index contributed by atoms with van der Waals surface area (Å²) in [6.45, 7) is -0.359. The fraction of sp³-hybridized carbons (Fsp3) is 0.120. The van der Waals surface area contributed by atoms with Crippen LogP contribution in [0, 0.1) is 0 Å². The van der Waals surface area contributed by atoms with Gasteiger partial charge in [0.15, 0.2) is 11.5 Å². The van der Waals surface area contributed by atoms with Crippen LogP contribution in [0.4, 0.5) is 10.5 Å². The second-order valence-electron chi connectivity index (χ2n) is 7.77. The lowest BCUT2D eigenvalue weighted by Gasteiger charge is -2.12. The lowest BCUT2D eigenvalue weighted by Crippen LogP contribution is -2.36. The van der Waals surface area contributed by atoms with E-state index in [1.807, 2.05) is 0 Å². The number of methoxy groups -OCH3 is 1. The van der Waals surface area contributed by atoms with Crippen LogP contribution in [0.2, 0.25) is 5.02 Å². The zero-order valence-corrected chi connectivity index (χ0v) is 20.7. The molecule has 1 aromatic heterocycles. The molecular formula is C25H17ClN2O8S. The Hall–Kier alpha value is -4.22. The second kappa shape index (κ2) is 10.0. The molecule has 0 bridgehead atoms. The zero-order chi connectivity index (χ0) is 26.1. The summed E-state index contributed by atoms with van der Waals surface area (Å²) in [5, 5.41) is 2.29. The molecule has 37 heavy (non-hydrogen) atoms. The first kappa shape index (κ1) is 24.5. The molecule has 1 fully saturated rings. The molecule has 0 spiro atoms. The quantitative estimate of drug-likeness (QED) is 0.347. The average molecular weight is 541 g/mol. The monoisotopic (exact) mass is 540 g/mol. The molecule has 3 aromatic rings. The summed E-state index contributed by atoms with van der Waals surface area (Å²) in [4.78, 5) is 50.6. The number of hydrogen-bond donors (Lipinski definition) is 1. The van der Waals surface area contributed by atoms with Gasteiger partial charge in [0.2, 0.25) is 12.7 Å². The molecule has 3 amide bonds. The topological polar surface area (TPSA) is 124 Å². The summed E-state index contributed by atoms with van der Waals surface area (Å²) < 4.78 is 21.0. The Morgan fingerprint density at radius 1 is 1.11 bits per heavy atom. The standard InChI is InChI=1S/C25H17ClN2O8S/c1-33-24(31)16-8-13(2-5-17(16)26)18-7-4-15(36-18)10-21-23(30)28(25(32)37-21)11-22(29)27-14-3-6-19-20(9-14)35-12-34-19/h2-10H,11-12H2,1H3,(H,27,29). The molecule has 3 heterocycles. The SMILES string of the molecule is COC(=O)c1cc(-c2ccc(C=C3SC(=O)N(CC(=O)Nc4ccc5c(c4)OCO5)C3=O)o2)ccc1Cl. The predicted octanol–water partition coefficient (Wildman–Crippen LogP) is 4.79. The number of carbonyl (C=O) groups is 4. The Bertz CT molecular complexity index is 1480. The number of fused-ring (bicyclic) bond motifs is 1. The summed E-state index contributed by atoms with van der Waals surface area (Å²) in [5.41, 5.74) is 1.19. The first-order valence-corrected chi connectivity index (χ1v) is 11.9. The van der Waals surface area contributed by atoms with Crippen molar-refractivity contribution in [1.29, 1.82) is 0 Å². The molecule has 0 atom stereocenters. The number of amides is 3. The number of furan rings is 1. The maximum atomic E-state index is 12.8. The predicted molar refractivity (Wildman–Crippen MR) is 134 cm³/mol. The molecular weight excluding hydrogens is 524 g/mol. The van der Waals surface area contributed by atoms with Crippen molar-refractivity contribution in [2.24, 2.45) is 0 Å². The van der Waals surface area contributed by atoms with Crippen LogP contribution in [-0.4, -0.2) is 48.4 Å². The minimum Gasteiger partial charge on any atom is -0.465 e. The van der Waals surface area contributed by atoms with Crippen molar-refractivity contribution >= 4 is 58.1 Å². The van der Waals surface area contributed by atoms with Crippen molar-refractivity contribution in [2.75, 3.05) is 25.8 Å². The molecule has 0 radical (unpaired) electrons. The van der Waals surface area contributed by atoms with E-state index in [1.54, 1.807) is 42.5 Å². The number of halogens is 1. The molecule has 10 nitrogen and oxygen atoms in total. The van der Waals surface area contributed by atoms with Crippen molar-refractivity contribution in [1.82, 2.24) is 4.90 Å². The van der Waals surface area contributed by atoms with E-state index in [9.17, 15) is 19.2 Å². The van der Waals surface area contributed by atoms with Gasteiger partial charge in [-0.2, -0.15) is 0 Å². The number of hydrogen-bond acceptors (Lipinski definition) is 9. The maximum Gasteiger partial charge on any atom is 0.339 e. The van der Waals surface area contributed by atoms with Gasteiger partial charge in [-0.1, -0.05) is 11.6 Å². The molecule has 12 heteroatoms. The molecule has 1 saturated heterocycles. The van der Waals surface area contributed by atoms with Gasteiger partial charge in [-0.15, -0.1) is 0 Å². The third kappa shape index (κ3) is 5.04. The first-order valence-electron chi connectivity index (χ1n) is 10.8. The highest BCUT2D eigenvalue weighted by Gasteiger charge is 2.36. The number of ether oxygens (including phenoxy) is 3. The van der Waals surface area contributed by atoms with Gasteiger partial charge in [0.1, 0.15) is 18.1 Å². The second-order valence-corrected chi connectivity index (χ2v) is 9.17. The van der Waals surface area contributed by atoms with Crippen LogP contribution < -0.4 is 14.8 Å². The Kier molecular flexibility index (Phi) is 6.64. The Morgan fingerprint density at radius 2 is 1.92 bits per heavy atom. The summed E-state index contributed by atoms with van der Waals surface area (Å²) in [6, 6.07) is 12.9. The van der Waals surface area contributed by atoms with Crippen molar-refractivity contribution in [2.45, 2.75) is 0 Å². The number of imide groups is 1. The van der Waals surface area contributed by atoms with Gasteiger partial charge < -0.3 is 23.9 Å². The molecule has 5 rings (SSSR count). The summed E-state index contributed by atoms with van der Waals surface area (Å²) >= 11 is 6.77. The number of benzene rings is 2. The average Bonchev–Trinajstić information content (AvgIpc) is 3.60. The Labute approximate surface area is 219 Å². The van der Waals surface area contributed by atoms with E-state index < -0.39 is 29.6 Å². The van der Waals surface area contributed by atoms with E-state index in [4.69, 9.17) is 30.2 Å². The molecule has 2 aliphatic heterocycles. The van der Waals surface area contributed by atoms with E-state index in [1.165, 1.54) is 19.3 Å². The normalized spacial score (nSPS) is 15.4. The largest absolute Gasteiger partial charge is 0.465 e. The van der Waals surface area contributed by atoms with Crippen molar-refractivity contribution in [3.63, 3.8) is 0 Å². The number of nitrogens with zero attached hydrogens (tertiary/aromatic N) is 1. The van der Waals surface area contributed by atoms with E-state index in [2.05, 4.69) is 5.32 Å². The Balaban J connectivity index is 1.27. The van der Waals surface area contributed by atoms with Crippen LogP contribution >= 0.6 is 23.4 Å².